The largest absolute Gasteiger partial charge is 0.338 e. The van der Waals surface area contributed by atoms with E-state index in [9.17, 15) is 9.59 Å². The van der Waals surface area contributed by atoms with E-state index in [1.807, 2.05) is 20.8 Å². The van der Waals surface area contributed by atoms with Crippen LogP contribution in [0.2, 0.25) is 10.0 Å². The standard InChI is InChI=1S/C15H20Cl2N2O2/c1-10(20)19(15(2,3)4)8-7-14(21)18-13-9-11(16)5-6-12(13)17/h5-6,9H,7-8H2,1-4H3,(H,18,21). The minimum absolute atomic E-state index is 0.0592. The van der Waals surface area contributed by atoms with E-state index in [2.05, 4.69) is 5.32 Å². The molecule has 0 aliphatic heterocycles. The van der Waals surface area contributed by atoms with Gasteiger partial charge in [-0.2, -0.15) is 0 Å². The highest BCUT2D eigenvalue weighted by Gasteiger charge is 2.24. The van der Waals surface area contributed by atoms with Crippen molar-refractivity contribution in [2.45, 2.75) is 39.7 Å². The van der Waals surface area contributed by atoms with E-state index >= 15 is 0 Å². The van der Waals surface area contributed by atoms with E-state index in [0.717, 1.165) is 0 Å². The van der Waals surface area contributed by atoms with E-state index in [1.54, 1.807) is 23.1 Å². The van der Waals surface area contributed by atoms with Crippen molar-refractivity contribution in [1.29, 1.82) is 0 Å². The first kappa shape index (κ1) is 17.8. The summed E-state index contributed by atoms with van der Waals surface area (Å²) in [6.45, 7) is 7.64. The molecule has 0 bridgehead atoms. The molecule has 0 saturated heterocycles. The Labute approximate surface area is 135 Å². The molecule has 0 aromatic heterocycles. The van der Waals surface area contributed by atoms with Crippen molar-refractivity contribution in [3.8, 4) is 0 Å². The summed E-state index contributed by atoms with van der Waals surface area (Å²) in [5.74, 6) is -0.272. The minimum Gasteiger partial charge on any atom is -0.338 e. The summed E-state index contributed by atoms with van der Waals surface area (Å²) >= 11 is 11.9. The van der Waals surface area contributed by atoms with Crippen LogP contribution in [0.15, 0.2) is 18.2 Å². The number of carbonyl (C=O) groups excluding carboxylic acids is 2. The van der Waals surface area contributed by atoms with Crippen LogP contribution in [0.5, 0.6) is 0 Å². The summed E-state index contributed by atoms with van der Waals surface area (Å²) < 4.78 is 0. The molecule has 0 spiro atoms. The van der Waals surface area contributed by atoms with Crippen molar-refractivity contribution in [2.24, 2.45) is 0 Å². The lowest BCUT2D eigenvalue weighted by atomic mass is 10.1. The Morgan fingerprint density at radius 3 is 2.38 bits per heavy atom. The van der Waals surface area contributed by atoms with Crippen molar-refractivity contribution in [1.82, 2.24) is 4.90 Å². The highest BCUT2D eigenvalue weighted by Crippen LogP contribution is 2.25. The fourth-order valence-corrected chi connectivity index (χ4v) is 2.32. The number of hydrogen-bond donors (Lipinski definition) is 1. The molecule has 116 valence electrons. The lowest BCUT2D eigenvalue weighted by molar-refractivity contribution is -0.134. The Kier molecular flexibility index (Phi) is 6.05. The fourth-order valence-electron chi connectivity index (χ4n) is 1.98. The number of amides is 2. The number of benzene rings is 1. The van der Waals surface area contributed by atoms with Gasteiger partial charge in [0.25, 0.3) is 0 Å². The van der Waals surface area contributed by atoms with Crippen LogP contribution >= 0.6 is 23.2 Å². The summed E-state index contributed by atoms with van der Waals surface area (Å²) in [6.07, 6.45) is 0.194. The first-order valence-electron chi connectivity index (χ1n) is 6.64. The Balaban J connectivity index is 2.66. The van der Waals surface area contributed by atoms with Gasteiger partial charge in [-0.15, -0.1) is 0 Å². The van der Waals surface area contributed by atoms with Crippen LogP contribution in [0.25, 0.3) is 0 Å². The van der Waals surface area contributed by atoms with Gasteiger partial charge in [-0.25, -0.2) is 0 Å². The van der Waals surface area contributed by atoms with Crippen molar-refractivity contribution in [3.63, 3.8) is 0 Å². The molecule has 4 nitrogen and oxygen atoms in total. The summed E-state index contributed by atoms with van der Waals surface area (Å²) in [5, 5.41) is 3.62. The Morgan fingerprint density at radius 1 is 1.24 bits per heavy atom. The van der Waals surface area contributed by atoms with E-state index in [1.165, 1.54) is 6.92 Å². The quantitative estimate of drug-likeness (QED) is 0.907. The molecule has 6 heteroatoms. The van der Waals surface area contributed by atoms with E-state index in [-0.39, 0.29) is 23.8 Å². The lowest BCUT2D eigenvalue weighted by Crippen LogP contribution is -2.45. The third-order valence-electron chi connectivity index (χ3n) is 2.95. The minimum atomic E-state index is -0.320. The van der Waals surface area contributed by atoms with Gasteiger partial charge in [0.15, 0.2) is 0 Å². The lowest BCUT2D eigenvalue weighted by Gasteiger charge is -2.34. The van der Waals surface area contributed by atoms with Crippen molar-refractivity contribution in [2.75, 3.05) is 11.9 Å². The van der Waals surface area contributed by atoms with E-state index in [0.29, 0.717) is 22.3 Å². The number of nitrogens with one attached hydrogen (secondary N) is 1. The van der Waals surface area contributed by atoms with Gasteiger partial charge in [-0.05, 0) is 39.0 Å². The van der Waals surface area contributed by atoms with Gasteiger partial charge in [0.2, 0.25) is 11.8 Å². The summed E-state index contributed by atoms with van der Waals surface area (Å²) in [7, 11) is 0. The summed E-state index contributed by atoms with van der Waals surface area (Å²) in [5.41, 5.74) is 0.152. The number of nitrogens with zero attached hydrogens (tertiary/aromatic N) is 1. The topological polar surface area (TPSA) is 49.4 Å². The van der Waals surface area contributed by atoms with E-state index < -0.39 is 0 Å². The van der Waals surface area contributed by atoms with Crippen LogP contribution in [-0.4, -0.2) is 28.8 Å². The molecule has 1 N–H and O–H groups in total. The normalized spacial score (nSPS) is 11.1. The maximum Gasteiger partial charge on any atom is 0.226 e. The van der Waals surface area contributed by atoms with Crippen LogP contribution in [-0.2, 0) is 9.59 Å². The predicted molar refractivity (Wildman–Crippen MR) is 86.8 cm³/mol. The molecule has 0 saturated carbocycles. The number of anilines is 1. The number of halogens is 2. The predicted octanol–water partition coefficient (Wildman–Crippen LogP) is 3.97. The van der Waals surface area contributed by atoms with Crippen LogP contribution in [0.1, 0.15) is 34.1 Å². The van der Waals surface area contributed by atoms with Crippen LogP contribution in [0.3, 0.4) is 0 Å². The van der Waals surface area contributed by atoms with Crippen molar-refractivity contribution >= 4 is 40.7 Å². The number of rotatable bonds is 4. The van der Waals surface area contributed by atoms with Gasteiger partial charge in [0, 0.05) is 30.5 Å². The molecule has 0 atom stereocenters. The zero-order valence-electron chi connectivity index (χ0n) is 12.7. The molecule has 1 rings (SSSR count). The van der Waals surface area contributed by atoms with Crippen molar-refractivity contribution in [3.05, 3.63) is 28.2 Å². The number of hydrogen-bond acceptors (Lipinski definition) is 2. The van der Waals surface area contributed by atoms with Gasteiger partial charge in [-0.1, -0.05) is 23.2 Å². The van der Waals surface area contributed by atoms with Crippen LogP contribution in [0.4, 0.5) is 5.69 Å². The molecule has 1 aromatic rings. The molecule has 0 aliphatic carbocycles. The second-order valence-corrected chi connectivity index (χ2v) is 6.61. The molecule has 21 heavy (non-hydrogen) atoms. The van der Waals surface area contributed by atoms with Crippen LogP contribution < -0.4 is 5.32 Å². The molecular weight excluding hydrogens is 311 g/mol. The highest BCUT2D eigenvalue weighted by atomic mass is 35.5. The number of carbonyl (C=O) groups is 2. The average Bonchev–Trinajstić information content (AvgIpc) is 2.31. The van der Waals surface area contributed by atoms with Gasteiger partial charge >= 0.3 is 0 Å². The fraction of sp³-hybridized carbons (Fsp3) is 0.467. The second kappa shape index (κ2) is 7.14. The Hall–Kier alpha value is -1.26. The van der Waals surface area contributed by atoms with Crippen molar-refractivity contribution < 1.29 is 9.59 Å². The third-order valence-corrected chi connectivity index (χ3v) is 3.52. The SMILES string of the molecule is CC(=O)N(CCC(=O)Nc1cc(Cl)ccc1Cl)C(C)(C)C. The third kappa shape index (κ3) is 5.56. The van der Waals surface area contributed by atoms with Gasteiger partial charge < -0.3 is 10.2 Å². The first-order valence-corrected chi connectivity index (χ1v) is 7.40. The maximum atomic E-state index is 12.0. The molecular formula is C15H20Cl2N2O2. The highest BCUT2D eigenvalue weighted by molar-refractivity contribution is 6.35. The van der Waals surface area contributed by atoms with Gasteiger partial charge in [0.05, 0.1) is 10.7 Å². The summed E-state index contributed by atoms with van der Waals surface area (Å²) in [4.78, 5) is 25.3. The molecule has 0 radical (unpaired) electrons. The Bertz CT molecular complexity index is 539. The maximum absolute atomic E-state index is 12.0. The van der Waals surface area contributed by atoms with Crippen LogP contribution in [0, 0.1) is 0 Å². The van der Waals surface area contributed by atoms with E-state index in [4.69, 9.17) is 23.2 Å². The first-order chi connectivity index (χ1) is 9.61. The monoisotopic (exact) mass is 330 g/mol. The average molecular weight is 331 g/mol. The van der Waals surface area contributed by atoms with Gasteiger partial charge in [0.1, 0.15) is 0 Å². The molecule has 1 aromatic carbocycles. The molecule has 0 unspecified atom stereocenters. The smallest absolute Gasteiger partial charge is 0.226 e. The molecule has 0 fully saturated rings. The Morgan fingerprint density at radius 2 is 1.86 bits per heavy atom. The van der Waals surface area contributed by atoms with Gasteiger partial charge in [-0.3, -0.25) is 9.59 Å². The second-order valence-electron chi connectivity index (χ2n) is 5.76. The summed E-state index contributed by atoms with van der Waals surface area (Å²) in [6, 6.07) is 4.86. The molecule has 0 heterocycles. The zero-order valence-corrected chi connectivity index (χ0v) is 14.2. The molecule has 0 aliphatic rings. The molecule has 2 amide bonds. The zero-order chi connectivity index (χ0) is 16.2.